The number of rotatable bonds is 3. The lowest BCUT2D eigenvalue weighted by Gasteiger charge is -2.08. The summed E-state index contributed by atoms with van der Waals surface area (Å²) in [4.78, 5) is 10.1. The molecule has 0 aliphatic rings. The van der Waals surface area contributed by atoms with Gasteiger partial charge in [-0.2, -0.15) is 0 Å². The zero-order valence-corrected chi connectivity index (χ0v) is 7.44. The van der Waals surface area contributed by atoms with Crippen LogP contribution in [0.15, 0.2) is 6.07 Å². The average molecular weight is 221 g/mol. The van der Waals surface area contributed by atoms with Crippen molar-refractivity contribution in [2.75, 3.05) is 0 Å². The first kappa shape index (κ1) is 11.6. The predicted molar refractivity (Wildman–Crippen MR) is 44.0 cm³/mol. The van der Waals surface area contributed by atoms with Crippen molar-refractivity contribution in [3.05, 3.63) is 34.9 Å². The summed E-state index contributed by atoms with van der Waals surface area (Å²) in [7, 11) is 0. The van der Waals surface area contributed by atoms with Crippen LogP contribution in [-0.2, 0) is 11.2 Å². The summed E-state index contributed by atoms with van der Waals surface area (Å²) in [6, 6.07) is -0.940. The van der Waals surface area contributed by atoms with Crippen molar-refractivity contribution in [3.63, 3.8) is 0 Å². The maximum atomic E-state index is 13.0. The van der Waals surface area contributed by atoms with Gasteiger partial charge in [-0.05, 0) is 0 Å². The predicted octanol–water partition coefficient (Wildman–Crippen LogP) is 1.31. The monoisotopic (exact) mass is 221 g/mol. The van der Waals surface area contributed by atoms with Crippen LogP contribution in [0.1, 0.15) is 5.56 Å². The molecule has 1 aromatic rings. The maximum absolute atomic E-state index is 13.0. The first-order chi connectivity index (χ1) is 6.97. The molecule has 1 aromatic carbocycles. The van der Waals surface area contributed by atoms with Gasteiger partial charge in [0, 0.05) is 18.1 Å². The molecule has 6 heteroatoms. The minimum Gasteiger partial charge on any atom is -0.321 e. The van der Waals surface area contributed by atoms with Gasteiger partial charge < -0.3 is 10.5 Å². The van der Waals surface area contributed by atoms with Crippen LogP contribution in [0.3, 0.4) is 0 Å². The van der Waals surface area contributed by atoms with E-state index in [0.29, 0.717) is 0 Å². The minimum atomic E-state index is -1.77. The number of benzene rings is 1. The molecule has 0 spiro atoms. The molecule has 0 radical (unpaired) electrons. The van der Waals surface area contributed by atoms with Gasteiger partial charge in [0.15, 0.2) is 17.5 Å². The van der Waals surface area contributed by atoms with E-state index in [-0.39, 0.29) is 12.4 Å². The number of carbonyl (C=O) groups is 1. The normalized spacial score (nSPS) is 12.6. The van der Waals surface area contributed by atoms with Crippen LogP contribution in [-0.4, -0.2) is 12.3 Å². The molecule has 15 heavy (non-hydrogen) atoms. The summed E-state index contributed by atoms with van der Waals surface area (Å²) in [5, 5.41) is 0. The molecule has 0 aliphatic carbocycles. The van der Waals surface area contributed by atoms with E-state index in [0.717, 1.165) is 0 Å². The number of hydrogen-bond donors (Lipinski definition) is 1. The van der Waals surface area contributed by atoms with E-state index < -0.39 is 41.3 Å². The fraction of sp³-hybridized carbons (Fsp3) is 0.222. The third-order valence-corrected chi connectivity index (χ3v) is 1.82. The molecule has 0 heterocycles. The number of halogens is 4. The van der Waals surface area contributed by atoms with Crippen LogP contribution in [0.2, 0.25) is 0 Å². The highest BCUT2D eigenvalue weighted by Gasteiger charge is 2.20. The van der Waals surface area contributed by atoms with Crippen molar-refractivity contribution >= 4 is 6.29 Å². The van der Waals surface area contributed by atoms with E-state index in [1.54, 1.807) is 0 Å². The molecule has 0 fully saturated rings. The van der Waals surface area contributed by atoms with Gasteiger partial charge in [-0.3, -0.25) is 0 Å². The molecule has 0 saturated heterocycles. The van der Waals surface area contributed by atoms with Crippen LogP contribution >= 0.6 is 0 Å². The van der Waals surface area contributed by atoms with Gasteiger partial charge in [0.1, 0.15) is 12.1 Å². The van der Waals surface area contributed by atoms with E-state index >= 15 is 0 Å². The highest BCUT2D eigenvalue weighted by atomic mass is 19.2. The summed E-state index contributed by atoms with van der Waals surface area (Å²) >= 11 is 0. The van der Waals surface area contributed by atoms with Crippen molar-refractivity contribution in [2.24, 2.45) is 5.73 Å². The highest BCUT2D eigenvalue weighted by Crippen LogP contribution is 2.19. The lowest BCUT2D eigenvalue weighted by molar-refractivity contribution is -0.108. The van der Waals surface area contributed by atoms with Crippen molar-refractivity contribution < 1.29 is 22.4 Å². The van der Waals surface area contributed by atoms with Crippen molar-refractivity contribution in [1.29, 1.82) is 0 Å². The first-order valence-electron chi connectivity index (χ1n) is 4.00. The Balaban J connectivity index is 3.17. The summed E-state index contributed by atoms with van der Waals surface area (Å²) in [6.07, 6.45) is -0.251. The smallest absolute Gasteiger partial charge is 0.194 e. The third kappa shape index (κ3) is 2.33. The topological polar surface area (TPSA) is 43.1 Å². The number of aldehydes is 1. The van der Waals surface area contributed by atoms with Crippen molar-refractivity contribution in [3.8, 4) is 0 Å². The fourth-order valence-corrected chi connectivity index (χ4v) is 1.07. The van der Waals surface area contributed by atoms with Crippen LogP contribution in [0.25, 0.3) is 0 Å². The maximum Gasteiger partial charge on any atom is 0.194 e. The quantitative estimate of drug-likeness (QED) is 0.362. The Hall–Kier alpha value is -1.43. The number of nitrogens with two attached hydrogens (primary N) is 1. The molecule has 82 valence electrons. The fourth-order valence-electron chi connectivity index (χ4n) is 1.07. The van der Waals surface area contributed by atoms with Crippen LogP contribution in [0, 0.1) is 23.3 Å². The SMILES string of the molecule is NC(C=O)Cc1c(F)cc(F)c(F)c1F. The van der Waals surface area contributed by atoms with Gasteiger partial charge in [-0.15, -0.1) is 0 Å². The second kappa shape index (κ2) is 4.39. The number of hydrogen-bond acceptors (Lipinski definition) is 2. The Morgan fingerprint density at radius 1 is 1.20 bits per heavy atom. The van der Waals surface area contributed by atoms with Crippen LogP contribution in [0.5, 0.6) is 0 Å². The zero-order chi connectivity index (χ0) is 11.6. The third-order valence-electron chi connectivity index (χ3n) is 1.82. The van der Waals surface area contributed by atoms with E-state index in [1.807, 2.05) is 0 Å². The number of carbonyl (C=O) groups excluding carboxylic acids is 1. The Morgan fingerprint density at radius 3 is 2.33 bits per heavy atom. The molecule has 0 saturated carbocycles. The van der Waals surface area contributed by atoms with Gasteiger partial charge in [0.25, 0.3) is 0 Å². The van der Waals surface area contributed by atoms with E-state index in [1.165, 1.54) is 0 Å². The molecule has 1 atom stereocenters. The second-order valence-electron chi connectivity index (χ2n) is 2.95. The lowest BCUT2D eigenvalue weighted by atomic mass is 10.1. The molecule has 0 aromatic heterocycles. The Labute approximate surface area is 82.7 Å². The highest BCUT2D eigenvalue weighted by molar-refractivity contribution is 5.57. The molecule has 0 bridgehead atoms. The molecule has 2 nitrogen and oxygen atoms in total. The molecular weight excluding hydrogens is 214 g/mol. The van der Waals surface area contributed by atoms with Gasteiger partial charge in [0.2, 0.25) is 0 Å². The van der Waals surface area contributed by atoms with Gasteiger partial charge in [0.05, 0.1) is 6.04 Å². The van der Waals surface area contributed by atoms with Crippen molar-refractivity contribution in [2.45, 2.75) is 12.5 Å². The molecule has 2 N–H and O–H groups in total. The standard InChI is InChI=1S/C9H7F4NO/c10-6-2-7(11)9(13)8(12)5(6)1-4(14)3-15/h2-4H,1,14H2. The molecular formula is C9H7F4NO. The second-order valence-corrected chi connectivity index (χ2v) is 2.95. The average Bonchev–Trinajstić information content (AvgIpc) is 2.21. The summed E-state index contributed by atoms with van der Waals surface area (Å²) < 4.78 is 51.1. The van der Waals surface area contributed by atoms with Crippen molar-refractivity contribution in [1.82, 2.24) is 0 Å². The summed E-state index contributed by atoms with van der Waals surface area (Å²) in [6.45, 7) is 0. The molecule has 0 amide bonds. The van der Waals surface area contributed by atoms with Gasteiger partial charge in [-0.1, -0.05) is 0 Å². The molecule has 1 unspecified atom stereocenters. The van der Waals surface area contributed by atoms with Gasteiger partial charge in [-0.25, -0.2) is 17.6 Å². The molecule has 0 aliphatic heterocycles. The zero-order valence-electron chi connectivity index (χ0n) is 7.44. The van der Waals surface area contributed by atoms with E-state index in [9.17, 15) is 22.4 Å². The Morgan fingerprint density at radius 2 is 1.80 bits per heavy atom. The van der Waals surface area contributed by atoms with E-state index in [4.69, 9.17) is 5.73 Å². The largest absolute Gasteiger partial charge is 0.321 e. The summed E-state index contributed by atoms with van der Waals surface area (Å²) in [5.41, 5.74) is 4.39. The lowest BCUT2D eigenvalue weighted by Crippen LogP contribution is -2.25. The minimum absolute atomic E-state index is 0.214. The molecule has 1 rings (SSSR count). The Bertz CT molecular complexity index is 394. The summed E-state index contributed by atoms with van der Waals surface area (Å²) in [5.74, 6) is -6.30. The Kier molecular flexibility index (Phi) is 3.41. The first-order valence-corrected chi connectivity index (χ1v) is 4.00. The van der Waals surface area contributed by atoms with Crippen LogP contribution < -0.4 is 5.73 Å². The van der Waals surface area contributed by atoms with Crippen LogP contribution in [0.4, 0.5) is 17.6 Å². The van der Waals surface area contributed by atoms with Gasteiger partial charge >= 0.3 is 0 Å². The van der Waals surface area contributed by atoms with E-state index in [2.05, 4.69) is 0 Å².